The second kappa shape index (κ2) is 8.59. The largest absolute Gasteiger partial charge is 0.466 e. The van der Waals surface area contributed by atoms with E-state index in [0.717, 1.165) is 11.1 Å². The van der Waals surface area contributed by atoms with Crippen molar-refractivity contribution in [1.29, 1.82) is 0 Å². The average Bonchev–Trinajstić information content (AvgIpc) is 2.45. The van der Waals surface area contributed by atoms with Gasteiger partial charge in [0.25, 0.3) is 0 Å². The zero-order chi connectivity index (χ0) is 15.0. The van der Waals surface area contributed by atoms with E-state index in [-0.39, 0.29) is 18.3 Å². The average molecular weight is 299 g/mol. The number of rotatable bonds is 7. The second-order valence-electron chi connectivity index (χ2n) is 4.10. The maximum Gasteiger partial charge on any atom is 0.338 e. The van der Waals surface area contributed by atoms with Crippen LogP contribution in [0.25, 0.3) is 0 Å². The van der Waals surface area contributed by atoms with Crippen LogP contribution in [0.2, 0.25) is 0 Å². The molecule has 20 heavy (non-hydrogen) atoms. The van der Waals surface area contributed by atoms with Gasteiger partial charge < -0.3 is 9.47 Å². The molecule has 0 aromatic heterocycles. The van der Waals surface area contributed by atoms with Crippen molar-refractivity contribution in [1.82, 2.24) is 0 Å². The number of hydrogen-bond donors (Lipinski definition) is 0. The van der Waals surface area contributed by atoms with Crippen molar-refractivity contribution in [2.45, 2.75) is 32.6 Å². The summed E-state index contributed by atoms with van der Waals surface area (Å²) in [6.45, 7) is 4.16. The minimum absolute atomic E-state index is 0.216. The number of ether oxygens (including phenoxy) is 2. The number of alkyl halides is 1. The third-order valence-corrected chi connectivity index (χ3v) is 3.08. The highest BCUT2D eigenvalue weighted by atomic mass is 35.5. The summed E-state index contributed by atoms with van der Waals surface area (Å²) in [5.74, 6) is -0.393. The minimum Gasteiger partial charge on any atom is -0.466 e. The molecule has 0 aliphatic carbocycles. The van der Waals surface area contributed by atoms with E-state index in [0.29, 0.717) is 25.2 Å². The quantitative estimate of drug-likeness (QED) is 0.573. The van der Waals surface area contributed by atoms with Gasteiger partial charge in [-0.1, -0.05) is 12.1 Å². The van der Waals surface area contributed by atoms with Crippen molar-refractivity contribution < 1.29 is 19.1 Å². The van der Waals surface area contributed by atoms with Crippen molar-refractivity contribution in [3.05, 3.63) is 34.9 Å². The first-order valence-corrected chi connectivity index (χ1v) is 7.16. The SMILES string of the molecule is CCOC(=O)CCc1c(CCl)cccc1C(=O)OCC. The maximum absolute atomic E-state index is 11.9. The van der Waals surface area contributed by atoms with Crippen molar-refractivity contribution in [2.75, 3.05) is 13.2 Å². The molecule has 1 aromatic rings. The van der Waals surface area contributed by atoms with E-state index in [1.165, 1.54) is 0 Å². The number of halogens is 1. The summed E-state index contributed by atoms with van der Waals surface area (Å²) in [4.78, 5) is 23.4. The summed E-state index contributed by atoms with van der Waals surface area (Å²) in [5, 5.41) is 0. The molecule has 0 fully saturated rings. The van der Waals surface area contributed by atoms with Crippen LogP contribution in [0, 0.1) is 0 Å². The topological polar surface area (TPSA) is 52.6 Å². The Morgan fingerprint density at radius 1 is 1.15 bits per heavy atom. The standard InChI is InChI=1S/C15H19ClO4/c1-3-19-14(17)9-8-12-11(10-16)6-5-7-13(12)15(18)20-4-2/h5-7H,3-4,8-10H2,1-2H3. The van der Waals surface area contributed by atoms with E-state index in [1.807, 2.05) is 6.07 Å². The number of hydrogen-bond acceptors (Lipinski definition) is 4. The Kier molecular flexibility index (Phi) is 7.09. The summed E-state index contributed by atoms with van der Waals surface area (Å²) < 4.78 is 9.92. The van der Waals surface area contributed by atoms with Gasteiger partial charge in [-0.05, 0) is 37.5 Å². The van der Waals surface area contributed by atoms with Gasteiger partial charge in [0.1, 0.15) is 0 Å². The fraction of sp³-hybridized carbons (Fsp3) is 0.467. The summed E-state index contributed by atoms with van der Waals surface area (Å²) in [7, 11) is 0. The van der Waals surface area contributed by atoms with E-state index in [9.17, 15) is 9.59 Å². The van der Waals surface area contributed by atoms with E-state index in [1.54, 1.807) is 26.0 Å². The molecule has 1 rings (SSSR count). The maximum atomic E-state index is 11.9. The molecule has 0 aliphatic rings. The van der Waals surface area contributed by atoms with Crippen molar-refractivity contribution in [3.8, 4) is 0 Å². The third-order valence-electron chi connectivity index (χ3n) is 2.80. The van der Waals surface area contributed by atoms with Gasteiger partial charge in [-0.2, -0.15) is 0 Å². The van der Waals surface area contributed by atoms with Gasteiger partial charge in [0.05, 0.1) is 18.8 Å². The predicted octanol–water partition coefficient (Wildman–Crippen LogP) is 3.10. The second-order valence-corrected chi connectivity index (χ2v) is 4.37. The smallest absolute Gasteiger partial charge is 0.338 e. The van der Waals surface area contributed by atoms with Gasteiger partial charge in [-0.3, -0.25) is 4.79 Å². The Hall–Kier alpha value is -1.55. The molecule has 1 aromatic carbocycles. The van der Waals surface area contributed by atoms with Gasteiger partial charge in [-0.25, -0.2) is 4.79 Å². The van der Waals surface area contributed by atoms with Crippen LogP contribution < -0.4 is 0 Å². The Bertz CT molecular complexity index is 471. The lowest BCUT2D eigenvalue weighted by atomic mass is 9.97. The number of esters is 2. The first-order valence-electron chi connectivity index (χ1n) is 6.63. The molecule has 0 spiro atoms. The van der Waals surface area contributed by atoms with Crippen LogP contribution in [0.15, 0.2) is 18.2 Å². The van der Waals surface area contributed by atoms with Crippen LogP contribution in [-0.4, -0.2) is 25.2 Å². The summed E-state index contributed by atoms with van der Waals surface area (Å²) in [5.41, 5.74) is 2.06. The highest BCUT2D eigenvalue weighted by Crippen LogP contribution is 2.20. The summed E-state index contributed by atoms with van der Waals surface area (Å²) in [6, 6.07) is 5.29. The van der Waals surface area contributed by atoms with Crippen molar-refractivity contribution >= 4 is 23.5 Å². The normalized spacial score (nSPS) is 10.2. The molecule has 110 valence electrons. The molecule has 0 N–H and O–H groups in total. The Morgan fingerprint density at radius 2 is 1.85 bits per heavy atom. The van der Waals surface area contributed by atoms with Crippen molar-refractivity contribution in [3.63, 3.8) is 0 Å². The fourth-order valence-corrected chi connectivity index (χ4v) is 2.17. The lowest BCUT2D eigenvalue weighted by Gasteiger charge is -2.12. The Balaban J connectivity index is 2.95. The minimum atomic E-state index is -0.390. The first kappa shape index (κ1) is 16.5. The number of carbonyl (C=O) groups excluding carboxylic acids is 2. The van der Waals surface area contributed by atoms with Crippen LogP contribution >= 0.6 is 11.6 Å². The van der Waals surface area contributed by atoms with Crippen LogP contribution in [0.3, 0.4) is 0 Å². The highest BCUT2D eigenvalue weighted by Gasteiger charge is 2.16. The van der Waals surface area contributed by atoms with E-state index >= 15 is 0 Å². The molecule has 0 unspecified atom stereocenters. The zero-order valence-electron chi connectivity index (χ0n) is 11.8. The van der Waals surface area contributed by atoms with Gasteiger partial charge in [-0.15, -0.1) is 11.6 Å². The van der Waals surface area contributed by atoms with Crippen LogP contribution in [0.4, 0.5) is 0 Å². The molecule has 4 nitrogen and oxygen atoms in total. The van der Waals surface area contributed by atoms with Gasteiger partial charge in [0, 0.05) is 12.3 Å². The Labute approximate surface area is 124 Å². The summed E-state index contributed by atoms with van der Waals surface area (Å²) in [6.07, 6.45) is 0.629. The molecule has 0 atom stereocenters. The third kappa shape index (κ3) is 4.53. The molecular weight excluding hydrogens is 280 g/mol. The molecule has 0 bridgehead atoms. The molecule has 5 heteroatoms. The summed E-state index contributed by atoms with van der Waals surface area (Å²) >= 11 is 5.89. The number of carbonyl (C=O) groups is 2. The first-order chi connectivity index (χ1) is 9.63. The van der Waals surface area contributed by atoms with Crippen molar-refractivity contribution in [2.24, 2.45) is 0 Å². The molecule has 0 aliphatic heterocycles. The zero-order valence-corrected chi connectivity index (χ0v) is 12.5. The van der Waals surface area contributed by atoms with Crippen LogP contribution in [0.1, 0.15) is 41.8 Å². The van der Waals surface area contributed by atoms with E-state index in [2.05, 4.69) is 0 Å². The monoisotopic (exact) mass is 298 g/mol. The molecule has 0 heterocycles. The van der Waals surface area contributed by atoms with Gasteiger partial charge in [0.15, 0.2) is 0 Å². The van der Waals surface area contributed by atoms with E-state index in [4.69, 9.17) is 21.1 Å². The van der Waals surface area contributed by atoms with Gasteiger partial charge >= 0.3 is 11.9 Å². The molecule has 0 radical (unpaired) electrons. The molecule has 0 saturated carbocycles. The molecule has 0 saturated heterocycles. The number of benzene rings is 1. The highest BCUT2D eigenvalue weighted by molar-refractivity contribution is 6.17. The Morgan fingerprint density at radius 3 is 2.45 bits per heavy atom. The van der Waals surface area contributed by atoms with Crippen LogP contribution in [0.5, 0.6) is 0 Å². The van der Waals surface area contributed by atoms with Gasteiger partial charge in [0.2, 0.25) is 0 Å². The lowest BCUT2D eigenvalue weighted by Crippen LogP contribution is -2.12. The lowest BCUT2D eigenvalue weighted by molar-refractivity contribution is -0.143. The molecular formula is C15H19ClO4. The molecule has 0 amide bonds. The van der Waals surface area contributed by atoms with Crippen LogP contribution in [-0.2, 0) is 26.6 Å². The van der Waals surface area contributed by atoms with E-state index < -0.39 is 5.97 Å². The predicted molar refractivity (Wildman–Crippen MR) is 76.9 cm³/mol. The fourth-order valence-electron chi connectivity index (χ4n) is 1.92.